The van der Waals surface area contributed by atoms with Crippen molar-refractivity contribution < 1.29 is 0 Å². The average molecular weight is 327 g/mol. The number of anilines is 1. The Morgan fingerprint density at radius 1 is 1.33 bits per heavy atom. The lowest BCUT2D eigenvalue weighted by molar-refractivity contribution is 0.559. The Morgan fingerprint density at radius 3 is 3.06 bits per heavy atom. The van der Waals surface area contributed by atoms with Crippen molar-refractivity contribution in [3.8, 4) is 0 Å². The van der Waals surface area contributed by atoms with Gasteiger partial charge in [-0.05, 0) is 11.6 Å². The van der Waals surface area contributed by atoms with E-state index in [1.165, 1.54) is 5.56 Å². The number of hydrogen-bond donors (Lipinski definition) is 0. The average Bonchev–Trinajstić information content (AvgIpc) is 2.85. The second-order valence-corrected chi connectivity index (χ2v) is 5.31. The summed E-state index contributed by atoms with van der Waals surface area (Å²) in [7, 11) is 0. The van der Waals surface area contributed by atoms with Gasteiger partial charge in [0.05, 0.1) is 17.3 Å². The Hall–Kier alpha value is -1.00. The van der Waals surface area contributed by atoms with Gasteiger partial charge in [-0.2, -0.15) is 0 Å². The van der Waals surface area contributed by atoms with Crippen LogP contribution in [0.1, 0.15) is 11.4 Å². The highest BCUT2D eigenvalue weighted by molar-refractivity contribution is 9.08. The summed E-state index contributed by atoms with van der Waals surface area (Å²) in [6, 6.07) is 6.05. The van der Waals surface area contributed by atoms with Gasteiger partial charge in [0.1, 0.15) is 5.82 Å². The molecule has 2 heterocycles. The molecule has 0 N–H and O–H groups in total. The molecule has 0 amide bonds. The maximum Gasteiger partial charge on any atom is 0.128 e. The molecule has 3 rings (SSSR count). The first-order chi connectivity index (χ1) is 8.79. The summed E-state index contributed by atoms with van der Waals surface area (Å²) in [4.78, 5) is 6.69. The van der Waals surface area contributed by atoms with E-state index in [4.69, 9.17) is 11.6 Å². The van der Waals surface area contributed by atoms with Gasteiger partial charge >= 0.3 is 0 Å². The summed E-state index contributed by atoms with van der Waals surface area (Å²) < 4.78 is 2.20. The number of nitrogens with zero attached hydrogens (tertiary/aromatic N) is 3. The van der Waals surface area contributed by atoms with E-state index in [9.17, 15) is 0 Å². The number of para-hydroxylation sites is 1. The van der Waals surface area contributed by atoms with Crippen LogP contribution in [-0.4, -0.2) is 16.1 Å². The molecule has 1 aliphatic heterocycles. The second-order valence-electron chi connectivity index (χ2n) is 4.34. The van der Waals surface area contributed by atoms with Crippen molar-refractivity contribution in [1.82, 2.24) is 9.55 Å². The molecule has 94 valence electrons. The first kappa shape index (κ1) is 12.1. The summed E-state index contributed by atoms with van der Waals surface area (Å²) >= 11 is 9.88. The van der Waals surface area contributed by atoms with Gasteiger partial charge in [-0.25, -0.2) is 4.98 Å². The van der Waals surface area contributed by atoms with Crippen LogP contribution >= 0.6 is 27.5 Å². The fraction of sp³-hybridized carbons (Fsp3) is 0.308. The zero-order valence-electron chi connectivity index (χ0n) is 9.81. The highest BCUT2D eigenvalue weighted by atomic mass is 79.9. The van der Waals surface area contributed by atoms with E-state index < -0.39 is 0 Å². The van der Waals surface area contributed by atoms with Crippen LogP contribution in [0.4, 0.5) is 5.69 Å². The quantitative estimate of drug-likeness (QED) is 0.788. The molecular weight excluding hydrogens is 314 g/mol. The smallest absolute Gasteiger partial charge is 0.128 e. The standard InChI is InChI=1S/C13H13BrClN3/c14-8-10-2-1-3-11(15)13(10)18-7-6-17-5-4-16-12(17)9-18/h1-5H,6-9H2. The van der Waals surface area contributed by atoms with Gasteiger partial charge in [0.15, 0.2) is 0 Å². The molecule has 0 spiro atoms. The summed E-state index contributed by atoms with van der Waals surface area (Å²) in [5, 5.41) is 1.63. The zero-order valence-corrected chi connectivity index (χ0v) is 12.2. The molecule has 1 aromatic heterocycles. The van der Waals surface area contributed by atoms with Gasteiger partial charge in [-0.15, -0.1) is 0 Å². The minimum absolute atomic E-state index is 0.812. The van der Waals surface area contributed by atoms with Gasteiger partial charge < -0.3 is 9.47 Å². The van der Waals surface area contributed by atoms with Crippen molar-refractivity contribution in [1.29, 1.82) is 0 Å². The minimum atomic E-state index is 0.812. The molecule has 1 aliphatic rings. The highest BCUT2D eigenvalue weighted by Crippen LogP contribution is 2.33. The Morgan fingerprint density at radius 2 is 2.22 bits per heavy atom. The van der Waals surface area contributed by atoms with Crippen molar-refractivity contribution in [2.24, 2.45) is 0 Å². The van der Waals surface area contributed by atoms with E-state index in [1.807, 2.05) is 24.5 Å². The first-order valence-corrected chi connectivity index (χ1v) is 7.38. The van der Waals surface area contributed by atoms with E-state index in [1.54, 1.807) is 0 Å². The normalized spacial score (nSPS) is 14.7. The van der Waals surface area contributed by atoms with Gasteiger partial charge in [-0.1, -0.05) is 39.7 Å². The maximum atomic E-state index is 6.35. The molecule has 0 aliphatic carbocycles. The van der Waals surface area contributed by atoms with Gasteiger partial charge in [0.2, 0.25) is 0 Å². The van der Waals surface area contributed by atoms with E-state index in [0.29, 0.717) is 0 Å². The lowest BCUT2D eigenvalue weighted by atomic mass is 10.1. The van der Waals surface area contributed by atoms with Crippen LogP contribution in [0.3, 0.4) is 0 Å². The molecule has 18 heavy (non-hydrogen) atoms. The molecule has 0 unspecified atom stereocenters. The molecule has 0 bridgehead atoms. The largest absolute Gasteiger partial charge is 0.361 e. The number of rotatable bonds is 2. The SMILES string of the molecule is Clc1cccc(CBr)c1N1CCn2ccnc2C1. The summed E-state index contributed by atoms with van der Waals surface area (Å²) in [5.41, 5.74) is 2.35. The van der Waals surface area contributed by atoms with Gasteiger partial charge in [0.25, 0.3) is 0 Å². The summed E-state index contributed by atoms with van der Waals surface area (Å²) in [6.45, 7) is 2.74. The lowest BCUT2D eigenvalue weighted by Gasteiger charge is -2.31. The van der Waals surface area contributed by atoms with Crippen molar-refractivity contribution in [3.05, 3.63) is 47.0 Å². The molecule has 2 aromatic rings. The Kier molecular flexibility index (Phi) is 3.31. The third-order valence-electron chi connectivity index (χ3n) is 3.28. The van der Waals surface area contributed by atoms with Crippen LogP contribution in [0.5, 0.6) is 0 Å². The van der Waals surface area contributed by atoms with Crippen LogP contribution in [0.2, 0.25) is 5.02 Å². The molecule has 0 radical (unpaired) electrons. The zero-order chi connectivity index (χ0) is 12.5. The fourth-order valence-electron chi connectivity index (χ4n) is 2.39. The Labute approximate surface area is 120 Å². The van der Waals surface area contributed by atoms with Crippen LogP contribution < -0.4 is 4.90 Å². The van der Waals surface area contributed by atoms with E-state index >= 15 is 0 Å². The van der Waals surface area contributed by atoms with Crippen LogP contribution in [0.15, 0.2) is 30.6 Å². The third kappa shape index (κ3) is 2.04. The predicted molar refractivity (Wildman–Crippen MR) is 77.4 cm³/mol. The number of fused-ring (bicyclic) bond motifs is 1. The monoisotopic (exact) mass is 325 g/mol. The number of halogens is 2. The molecular formula is C13H13BrClN3. The van der Waals surface area contributed by atoms with Crippen molar-refractivity contribution in [2.45, 2.75) is 18.4 Å². The molecule has 5 heteroatoms. The van der Waals surface area contributed by atoms with Crippen LogP contribution in [-0.2, 0) is 18.4 Å². The summed E-state index contributed by atoms with van der Waals surface area (Å²) in [5.74, 6) is 1.10. The van der Waals surface area contributed by atoms with E-state index in [-0.39, 0.29) is 0 Å². The molecule has 0 fully saturated rings. The summed E-state index contributed by atoms with van der Waals surface area (Å²) in [6.07, 6.45) is 3.89. The van der Waals surface area contributed by atoms with Crippen molar-refractivity contribution in [3.63, 3.8) is 0 Å². The number of benzene rings is 1. The molecule has 0 saturated heterocycles. The molecule has 0 atom stereocenters. The van der Waals surface area contributed by atoms with Crippen molar-refractivity contribution >= 4 is 33.2 Å². The minimum Gasteiger partial charge on any atom is -0.361 e. The van der Waals surface area contributed by atoms with Crippen molar-refractivity contribution in [2.75, 3.05) is 11.4 Å². The Balaban J connectivity index is 1.97. The third-order valence-corrected chi connectivity index (χ3v) is 4.18. The molecule has 0 saturated carbocycles. The number of hydrogen-bond acceptors (Lipinski definition) is 2. The topological polar surface area (TPSA) is 21.1 Å². The van der Waals surface area contributed by atoms with Crippen LogP contribution in [0.25, 0.3) is 0 Å². The molecule has 1 aromatic carbocycles. The van der Waals surface area contributed by atoms with Crippen LogP contribution in [0, 0.1) is 0 Å². The lowest BCUT2D eigenvalue weighted by Crippen LogP contribution is -2.34. The van der Waals surface area contributed by atoms with Gasteiger partial charge in [0, 0.05) is 30.8 Å². The number of alkyl halides is 1. The Bertz CT molecular complexity index is 567. The maximum absolute atomic E-state index is 6.35. The number of imidazole rings is 1. The highest BCUT2D eigenvalue weighted by Gasteiger charge is 2.20. The fourth-order valence-corrected chi connectivity index (χ4v) is 3.15. The predicted octanol–water partition coefficient (Wildman–Crippen LogP) is 3.45. The second kappa shape index (κ2) is 4.94. The van der Waals surface area contributed by atoms with Gasteiger partial charge in [-0.3, -0.25) is 0 Å². The van der Waals surface area contributed by atoms with E-state index in [0.717, 1.165) is 41.5 Å². The molecule has 3 nitrogen and oxygen atoms in total. The van der Waals surface area contributed by atoms with E-state index in [2.05, 4.69) is 36.4 Å². The first-order valence-electron chi connectivity index (χ1n) is 5.88. The number of aromatic nitrogens is 2.